The van der Waals surface area contributed by atoms with Crippen LogP contribution in [0, 0.1) is 5.41 Å². The molecule has 1 aliphatic rings. The third-order valence-corrected chi connectivity index (χ3v) is 8.71. The topological polar surface area (TPSA) is 49.8 Å². The van der Waals surface area contributed by atoms with Crippen LogP contribution in [0.25, 0.3) is 0 Å². The molecule has 0 saturated carbocycles. The number of carboxylic acid groups (broad SMARTS) is 1. The Balaban J connectivity index is 2.03. The van der Waals surface area contributed by atoms with Gasteiger partial charge < -0.3 is 14.7 Å². The summed E-state index contributed by atoms with van der Waals surface area (Å²) in [7, 11) is 1.70. The third-order valence-electron chi connectivity index (χ3n) is 6.35. The van der Waals surface area contributed by atoms with E-state index in [-0.39, 0.29) is 11.2 Å². The normalized spacial score (nSPS) is 15.1. The molecule has 1 N–H and O–H groups in total. The molecule has 180 valence electrons. The van der Waals surface area contributed by atoms with Crippen molar-refractivity contribution in [3.63, 3.8) is 0 Å². The number of hydrogen-bond donors (Lipinski definition) is 1. The van der Waals surface area contributed by atoms with Crippen LogP contribution in [0.1, 0.15) is 57.9 Å². The van der Waals surface area contributed by atoms with Gasteiger partial charge in [-0.25, -0.2) is 0 Å². The third kappa shape index (κ3) is 6.86. The number of hydrogen-bond acceptors (Lipinski definition) is 5. The average Bonchev–Trinajstić information content (AvgIpc) is 2.98. The van der Waals surface area contributed by atoms with E-state index in [1.807, 2.05) is 11.8 Å². The van der Waals surface area contributed by atoms with Crippen molar-refractivity contribution in [3.8, 4) is 5.75 Å². The molecule has 0 bridgehead atoms. The number of ether oxygens (including phenoxy) is 1. The van der Waals surface area contributed by atoms with Gasteiger partial charge >= 0.3 is 5.97 Å². The summed E-state index contributed by atoms with van der Waals surface area (Å²) in [5, 5.41) is 9.04. The van der Waals surface area contributed by atoms with E-state index in [1.165, 1.54) is 66.6 Å². The Bertz CT molecular complexity index is 896. The first-order chi connectivity index (χ1) is 16.0. The molecule has 1 aliphatic heterocycles. The maximum atomic E-state index is 11.0. The number of aliphatic carboxylic acids is 1. The number of para-hydroxylation sites is 1. The van der Waals surface area contributed by atoms with E-state index in [9.17, 15) is 4.79 Å². The standard InChI is InChI=1S/C27H37NO3S2/c1-4-6-13-27(14-7-5-2)19-28(22-11-9-8-10-12-22)23-16-24(31-3)21(15-25(23)33-20-27)17-32-18-26(29)30/h8-12,15-16H,4-7,13-14,17-20H2,1-3H3,(H,29,30). The Hall–Kier alpha value is -1.79. The second-order valence-corrected chi connectivity index (χ2v) is 10.9. The van der Waals surface area contributed by atoms with Crippen LogP contribution >= 0.6 is 23.5 Å². The zero-order valence-corrected chi connectivity index (χ0v) is 21.8. The Kier molecular flexibility index (Phi) is 9.87. The molecule has 1 heterocycles. The summed E-state index contributed by atoms with van der Waals surface area (Å²) in [5.74, 6) is 1.89. The predicted molar refractivity (Wildman–Crippen MR) is 142 cm³/mol. The molecule has 0 radical (unpaired) electrons. The smallest absolute Gasteiger partial charge is 0.313 e. The molecule has 0 aromatic heterocycles. The quantitative estimate of drug-likeness (QED) is 0.332. The average molecular weight is 488 g/mol. The second-order valence-electron chi connectivity index (χ2n) is 8.94. The summed E-state index contributed by atoms with van der Waals surface area (Å²) in [6, 6.07) is 15.1. The zero-order chi connectivity index (χ0) is 23.7. The number of anilines is 2. The molecule has 33 heavy (non-hydrogen) atoms. The maximum Gasteiger partial charge on any atom is 0.313 e. The van der Waals surface area contributed by atoms with Gasteiger partial charge in [0.15, 0.2) is 0 Å². The van der Waals surface area contributed by atoms with Gasteiger partial charge in [-0.3, -0.25) is 4.79 Å². The molecule has 4 nitrogen and oxygen atoms in total. The number of nitrogens with zero attached hydrogens (tertiary/aromatic N) is 1. The molecule has 0 amide bonds. The van der Waals surface area contributed by atoms with Crippen molar-refractivity contribution in [2.45, 2.75) is 63.0 Å². The van der Waals surface area contributed by atoms with Crippen molar-refractivity contribution in [1.82, 2.24) is 0 Å². The van der Waals surface area contributed by atoms with Crippen molar-refractivity contribution >= 4 is 40.9 Å². The number of carboxylic acids is 1. The van der Waals surface area contributed by atoms with Gasteiger partial charge in [-0.05, 0) is 36.5 Å². The number of rotatable bonds is 12. The van der Waals surface area contributed by atoms with E-state index in [0.717, 1.165) is 23.6 Å². The van der Waals surface area contributed by atoms with Crippen molar-refractivity contribution in [2.75, 3.05) is 30.1 Å². The number of methoxy groups -OCH3 is 1. The molecular formula is C27H37NO3S2. The highest BCUT2D eigenvalue weighted by Gasteiger charge is 2.36. The molecule has 0 aliphatic carbocycles. The van der Waals surface area contributed by atoms with E-state index in [4.69, 9.17) is 9.84 Å². The molecule has 2 aromatic rings. The SMILES string of the molecule is CCCCC1(CCCC)CSc2cc(CSCC(=O)O)c(OC)cc2N(c2ccccc2)C1. The highest BCUT2D eigenvalue weighted by Crippen LogP contribution is 2.49. The summed E-state index contributed by atoms with van der Waals surface area (Å²) in [6.07, 6.45) is 7.43. The van der Waals surface area contributed by atoms with Gasteiger partial charge in [0.25, 0.3) is 0 Å². The van der Waals surface area contributed by atoms with Crippen LogP contribution < -0.4 is 9.64 Å². The van der Waals surface area contributed by atoms with E-state index in [1.54, 1.807) is 7.11 Å². The summed E-state index contributed by atoms with van der Waals surface area (Å²) in [6.45, 7) is 5.58. The van der Waals surface area contributed by atoms with Crippen LogP contribution in [-0.4, -0.2) is 36.2 Å². The monoisotopic (exact) mass is 487 g/mol. The van der Waals surface area contributed by atoms with Crippen LogP contribution in [-0.2, 0) is 10.5 Å². The molecule has 0 unspecified atom stereocenters. The lowest BCUT2D eigenvalue weighted by atomic mass is 9.79. The first-order valence-corrected chi connectivity index (χ1v) is 14.1. The molecular weight excluding hydrogens is 450 g/mol. The minimum absolute atomic E-state index is 0.0979. The van der Waals surface area contributed by atoms with Crippen LogP contribution in [0.15, 0.2) is 47.4 Å². The number of benzene rings is 2. The van der Waals surface area contributed by atoms with Crippen LogP contribution in [0.4, 0.5) is 11.4 Å². The van der Waals surface area contributed by atoms with Gasteiger partial charge in [0.05, 0.1) is 18.6 Å². The van der Waals surface area contributed by atoms with Gasteiger partial charge in [0.2, 0.25) is 0 Å². The molecule has 3 rings (SSSR count). The fraction of sp³-hybridized carbons (Fsp3) is 0.519. The molecule has 6 heteroatoms. The summed E-state index contributed by atoms with van der Waals surface area (Å²) < 4.78 is 5.78. The minimum Gasteiger partial charge on any atom is -0.496 e. The predicted octanol–water partition coefficient (Wildman–Crippen LogP) is 7.62. The van der Waals surface area contributed by atoms with E-state index >= 15 is 0 Å². The highest BCUT2D eigenvalue weighted by molar-refractivity contribution is 7.99. The van der Waals surface area contributed by atoms with Crippen molar-refractivity contribution in [3.05, 3.63) is 48.0 Å². The lowest BCUT2D eigenvalue weighted by molar-refractivity contribution is -0.133. The van der Waals surface area contributed by atoms with E-state index in [0.29, 0.717) is 5.75 Å². The Morgan fingerprint density at radius 1 is 1.15 bits per heavy atom. The second kappa shape index (κ2) is 12.6. The van der Waals surface area contributed by atoms with Crippen molar-refractivity contribution in [2.24, 2.45) is 5.41 Å². The highest BCUT2D eigenvalue weighted by atomic mass is 32.2. The summed E-state index contributed by atoms with van der Waals surface area (Å²) >= 11 is 3.38. The Morgan fingerprint density at radius 3 is 2.45 bits per heavy atom. The number of fused-ring (bicyclic) bond motifs is 1. The van der Waals surface area contributed by atoms with Crippen LogP contribution in [0.3, 0.4) is 0 Å². The first-order valence-electron chi connectivity index (χ1n) is 12.0. The summed E-state index contributed by atoms with van der Waals surface area (Å²) in [5.41, 5.74) is 3.74. The molecule has 0 saturated heterocycles. The zero-order valence-electron chi connectivity index (χ0n) is 20.1. The van der Waals surface area contributed by atoms with Gasteiger partial charge in [0.1, 0.15) is 5.75 Å². The number of unbranched alkanes of at least 4 members (excludes halogenated alkanes) is 2. The van der Waals surface area contributed by atoms with E-state index < -0.39 is 5.97 Å². The van der Waals surface area contributed by atoms with Crippen molar-refractivity contribution in [1.29, 1.82) is 0 Å². The largest absolute Gasteiger partial charge is 0.496 e. The lowest BCUT2D eigenvalue weighted by Gasteiger charge is -2.37. The maximum absolute atomic E-state index is 11.0. The molecule has 0 spiro atoms. The minimum atomic E-state index is -0.782. The molecule has 2 aromatic carbocycles. The number of thioether (sulfide) groups is 2. The van der Waals surface area contributed by atoms with Gasteiger partial charge in [-0.15, -0.1) is 23.5 Å². The van der Waals surface area contributed by atoms with E-state index in [2.05, 4.69) is 61.2 Å². The van der Waals surface area contributed by atoms with Gasteiger partial charge in [-0.1, -0.05) is 57.7 Å². The Morgan fingerprint density at radius 2 is 1.85 bits per heavy atom. The fourth-order valence-electron chi connectivity index (χ4n) is 4.54. The first kappa shape index (κ1) is 25.8. The molecule has 0 atom stereocenters. The fourth-order valence-corrected chi connectivity index (χ4v) is 6.64. The lowest BCUT2D eigenvalue weighted by Crippen LogP contribution is -2.36. The molecule has 0 fully saturated rings. The van der Waals surface area contributed by atoms with Gasteiger partial charge in [-0.2, -0.15) is 0 Å². The van der Waals surface area contributed by atoms with Gasteiger partial charge in [0, 0.05) is 40.3 Å². The number of carbonyl (C=O) groups is 1. The summed E-state index contributed by atoms with van der Waals surface area (Å²) in [4.78, 5) is 14.8. The van der Waals surface area contributed by atoms with Crippen LogP contribution in [0.2, 0.25) is 0 Å². The Labute approximate surface area is 207 Å². The van der Waals surface area contributed by atoms with Crippen LogP contribution in [0.5, 0.6) is 5.75 Å². The van der Waals surface area contributed by atoms with Crippen molar-refractivity contribution < 1.29 is 14.6 Å².